The van der Waals surface area contributed by atoms with E-state index in [1.165, 1.54) is 19.6 Å². The fourth-order valence-electron chi connectivity index (χ4n) is 5.82. The minimum Gasteiger partial charge on any atom is -0.494 e. The van der Waals surface area contributed by atoms with Gasteiger partial charge in [-0.15, -0.1) is 0 Å². The summed E-state index contributed by atoms with van der Waals surface area (Å²) >= 11 is 0. The molecule has 0 spiro atoms. The average molecular weight is 573 g/mol. The Hall–Kier alpha value is -4.04. The number of methoxy groups -OCH3 is 1. The van der Waals surface area contributed by atoms with Gasteiger partial charge >= 0.3 is 0 Å². The molecule has 1 aliphatic carbocycles. The number of pyridine rings is 1. The molecule has 2 unspecified atom stereocenters. The number of hydrogen-bond acceptors (Lipinski definition) is 9. The normalized spacial score (nSPS) is 20.9. The van der Waals surface area contributed by atoms with Crippen molar-refractivity contribution in [2.24, 2.45) is 5.73 Å². The second kappa shape index (κ2) is 9.80. The van der Waals surface area contributed by atoms with Crippen molar-refractivity contribution < 1.29 is 27.4 Å². The summed E-state index contributed by atoms with van der Waals surface area (Å²) in [6.45, 7) is 0.356. The number of alkyl halides is 2. The van der Waals surface area contributed by atoms with Crippen molar-refractivity contribution in [3.8, 4) is 16.9 Å². The molecule has 216 valence electrons. The number of hydrogen-bond donors (Lipinski definition) is 3. The lowest BCUT2D eigenvalue weighted by molar-refractivity contribution is -0.0530. The van der Waals surface area contributed by atoms with Gasteiger partial charge in [-0.05, 0) is 37.8 Å². The molecule has 1 saturated carbocycles. The van der Waals surface area contributed by atoms with Crippen LogP contribution in [-0.2, 0) is 5.54 Å². The summed E-state index contributed by atoms with van der Waals surface area (Å²) < 4.78 is 63.6. The number of aliphatic hydroxyl groups is 1. The van der Waals surface area contributed by atoms with Crippen molar-refractivity contribution in [1.82, 2.24) is 24.5 Å². The highest BCUT2D eigenvalue weighted by Crippen LogP contribution is 2.54. The first kappa shape index (κ1) is 27.1. The molecule has 3 aromatic heterocycles. The van der Waals surface area contributed by atoms with Gasteiger partial charge in [0.15, 0.2) is 23.0 Å². The van der Waals surface area contributed by atoms with Crippen LogP contribution in [-0.4, -0.2) is 67.9 Å². The molecule has 0 amide bonds. The molecule has 2 aliphatic rings. The Labute approximate surface area is 232 Å². The highest BCUT2D eigenvalue weighted by atomic mass is 19.3. The van der Waals surface area contributed by atoms with Gasteiger partial charge < -0.3 is 30.8 Å². The molecule has 1 saturated heterocycles. The molecule has 10 nitrogen and oxygen atoms in total. The maximum atomic E-state index is 15.1. The highest BCUT2D eigenvalue weighted by Gasteiger charge is 2.51. The number of imidazole rings is 1. The van der Waals surface area contributed by atoms with Crippen LogP contribution in [0.4, 0.5) is 29.2 Å². The Morgan fingerprint density at radius 2 is 1.83 bits per heavy atom. The molecule has 4 aromatic rings. The number of piperidine rings is 1. The fourth-order valence-corrected chi connectivity index (χ4v) is 5.82. The quantitative estimate of drug-likeness (QED) is 0.285. The van der Waals surface area contributed by atoms with E-state index < -0.39 is 35.2 Å². The molecular weight excluding hydrogens is 544 g/mol. The van der Waals surface area contributed by atoms with Crippen LogP contribution < -0.4 is 21.1 Å². The minimum absolute atomic E-state index is 0.0265. The Bertz CT molecular complexity index is 1630. The monoisotopic (exact) mass is 572 g/mol. The number of anilines is 2. The summed E-state index contributed by atoms with van der Waals surface area (Å²) in [5.41, 5.74) is 11.8. The van der Waals surface area contributed by atoms with E-state index in [1.807, 2.05) is 4.57 Å². The van der Waals surface area contributed by atoms with Gasteiger partial charge in [-0.3, -0.25) is 0 Å². The number of aliphatic hydroxyl groups excluding tert-OH is 1. The van der Waals surface area contributed by atoms with Crippen molar-refractivity contribution >= 4 is 22.8 Å². The van der Waals surface area contributed by atoms with Gasteiger partial charge in [-0.1, -0.05) is 0 Å². The molecule has 2 atom stereocenters. The molecule has 6 rings (SSSR count). The van der Waals surface area contributed by atoms with E-state index in [1.54, 1.807) is 17.3 Å². The summed E-state index contributed by atoms with van der Waals surface area (Å²) in [7, 11) is 1.25. The van der Waals surface area contributed by atoms with Crippen molar-refractivity contribution in [2.45, 2.75) is 49.3 Å². The van der Waals surface area contributed by atoms with Crippen LogP contribution in [0.3, 0.4) is 0 Å². The molecule has 2 fully saturated rings. The van der Waals surface area contributed by atoms with Crippen molar-refractivity contribution in [1.29, 1.82) is 0 Å². The number of rotatable bonds is 7. The van der Waals surface area contributed by atoms with Crippen LogP contribution in [0, 0.1) is 11.6 Å². The zero-order chi connectivity index (χ0) is 29.1. The second-order valence-electron chi connectivity index (χ2n) is 10.7. The van der Waals surface area contributed by atoms with Crippen LogP contribution in [0.5, 0.6) is 5.75 Å². The maximum Gasteiger partial charge on any atom is 0.265 e. The van der Waals surface area contributed by atoms with Gasteiger partial charge in [-0.2, -0.15) is 0 Å². The van der Waals surface area contributed by atoms with Crippen LogP contribution in [0.1, 0.15) is 31.2 Å². The summed E-state index contributed by atoms with van der Waals surface area (Å²) in [6, 6.07) is 3.72. The minimum atomic E-state index is -3.01. The zero-order valence-corrected chi connectivity index (χ0v) is 22.1. The molecule has 1 aromatic carbocycles. The molecule has 41 heavy (non-hydrogen) atoms. The number of nitrogens with two attached hydrogens (primary N) is 2. The summed E-state index contributed by atoms with van der Waals surface area (Å²) in [6.07, 6.45) is 1.17. The third-order valence-electron chi connectivity index (χ3n) is 8.15. The molecular formula is C27H28F4N8O2. The third-order valence-corrected chi connectivity index (χ3v) is 8.15. The lowest BCUT2D eigenvalue weighted by Gasteiger charge is -2.44. The van der Waals surface area contributed by atoms with Gasteiger partial charge in [0, 0.05) is 42.0 Å². The lowest BCUT2D eigenvalue weighted by atomic mass is 9.84. The van der Waals surface area contributed by atoms with E-state index in [2.05, 4.69) is 19.9 Å². The Morgan fingerprint density at radius 1 is 1.05 bits per heavy atom. The summed E-state index contributed by atoms with van der Waals surface area (Å²) in [4.78, 5) is 19.2. The van der Waals surface area contributed by atoms with Gasteiger partial charge in [0.1, 0.15) is 29.6 Å². The number of nitrogen functional groups attached to an aromatic ring is 1. The predicted octanol–water partition coefficient (Wildman–Crippen LogP) is 3.22. The van der Waals surface area contributed by atoms with E-state index in [4.69, 9.17) is 16.2 Å². The van der Waals surface area contributed by atoms with Gasteiger partial charge in [0.05, 0.1) is 24.5 Å². The maximum absolute atomic E-state index is 15.1. The number of aromatic nitrogens is 5. The molecule has 4 heterocycles. The highest BCUT2D eigenvalue weighted by molar-refractivity contribution is 5.82. The molecule has 0 radical (unpaired) electrons. The first-order chi connectivity index (χ1) is 19.6. The van der Waals surface area contributed by atoms with Gasteiger partial charge in [-0.25, -0.2) is 37.5 Å². The first-order valence-corrected chi connectivity index (χ1v) is 13.1. The first-order valence-electron chi connectivity index (χ1n) is 13.1. The van der Waals surface area contributed by atoms with E-state index >= 15 is 4.39 Å². The van der Waals surface area contributed by atoms with Crippen LogP contribution in [0.2, 0.25) is 0 Å². The Morgan fingerprint density at radius 3 is 2.54 bits per heavy atom. The number of benzene rings is 1. The Kier molecular flexibility index (Phi) is 6.49. The zero-order valence-electron chi connectivity index (χ0n) is 22.1. The standard InChI is InChI=1S/C27H28F4N8O2/c1-41-19-9-17(28)15(8-18(19)29)14-7-16(27(4-5-27)39-13-37-20-23(32)35-12-36-25(20)39)24(34-10-14)38-6-2-3-26(33,11-38)21(40)22(30)31/h7-10,12-13,21-22,40H,2-6,11,33H2,1H3,(H2,32,35,36). The van der Waals surface area contributed by atoms with E-state index in [0.29, 0.717) is 53.9 Å². The Balaban J connectivity index is 1.52. The van der Waals surface area contributed by atoms with E-state index in [-0.39, 0.29) is 30.1 Å². The van der Waals surface area contributed by atoms with E-state index in [9.17, 15) is 18.3 Å². The summed E-state index contributed by atoms with van der Waals surface area (Å²) in [5.74, 6) is -1.05. The number of ether oxygens (including phenoxy) is 1. The molecule has 5 N–H and O–H groups in total. The van der Waals surface area contributed by atoms with Gasteiger partial charge in [0.25, 0.3) is 6.43 Å². The molecule has 14 heteroatoms. The van der Waals surface area contributed by atoms with Crippen LogP contribution in [0.25, 0.3) is 22.3 Å². The van der Waals surface area contributed by atoms with Crippen molar-refractivity contribution in [3.63, 3.8) is 0 Å². The molecule has 0 bridgehead atoms. The SMILES string of the molecule is COc1cc(F)c(-c2cnc(N3CCCC(N)(C(O)C(F)F)C3)c(C3(n4cnc5c(N)ncnc54)CC3)c2)cc1F. The van der Waals surface area contributed by atoms with Crippen molar-refractivity contribution in [3.05, 3.63) is 54.2 Å². The topological polar surface area (TPSA) is 141 Å². The molecule has 1 aliphatic heterocycles. The smallest absolute Gasteiger partial charge is 0.265 e. The largest absolute Gasteiger partial charge is 0.494 e. The summed E-state index contributed by atoms with van der Waals surface area (Å²) in [5, 5.41) is 10.3. The second-order valence-corrected chi connectivity index (χ2v) is 10.7. The van der Waals surface area contributed by atoms with Crippen LogP contribution in [0.15, 0.2) is 37.1 Å². The third kappa shape index (κ3) is 4.41. The van der Waals surface area contributed by atoms with Crippen molar-refractivity contribution in [2.75, 3.05) is 30.8 Å². The predicted molar refractivity (Wildman–Crippen MR) is 143 cm³/mol. The fraction of sp³-hybridized carbons (Fsp3) is 0.407. The lowest BCUT2D eigenvalue weighted by Crippen LogP contribution is -2.63. The number of halogens is 4. The average Bonchev–Trinajstić information content (AvgIpc) is 3.64. The number of fused-ring (bicyclic) bond motifs is 1. The van der Waals surface area contributed by atoms with Gasteiger partial charge in [0.2, 0.25) is 0 Å². The van der Waals surface area contributed by atoms with Crippen LogP contribution >= 0.6 is 0 Å². The number of nitrogens with zero attached hydrogens (tertiary/aromatic N) is 6. The van der Waals surface area contributed by atoms with E-state index in [0.717, 1.165) is 12.1 Å².